The monoisotopic (exact) mass is 272 g/mol. The van der Waals surface area contributed by atoms with Crippen molar-refractivity contribution in [1.82, 2.24) is 0 Å². The van der Waals surface area contributed by atoms with Crippen molar-refractivity contribution in [2.24, 2.45) is 5.92 Å². The lowest BCUT2D eigenvalue weighted by Crippen LogP contribution is -2.40. The molecule has 0 spiro atoms. The quantitative estimate of drug-likeness (QED) is 0.605. The van der Waals surface area contributed by atoms with Gasteiger partial charge in [-0.3, -0.25) is 0 Å². The largest absolute Gasteiger partial charge is 0.382 e. The summed E-state index contributed by atoms with van der Waals surface area (Å²) < 4.78 is 27.4. The summed E-state index contributed by atoms with van der Waals surface area (Å²) in [5.41, 5.74) is 0. The van der Waals surface area contributed by atoms with Gasteiger partial charge in [0.2, 0.25) is 0 Å². The van der Waals surface area contributed by atoms with Crippen molar-refractivity contribution < 1.29 is 23.7 Å². The predicted molar refractivity (Wildman–Crippen MR) is 72.5 cm³/mol. The minimum absolute atomic E-state index is 0.0335. The molecule has 1 fully saturated rings. The number of rotatable bonds is 8. The Bertz CT molecular complexity index is 251. The average molecular weight is 272 g/mol. The van der Waals surface area contributed by atoms with Gasteiger partial charge < -0.3 is 23.7 Å². The fourth-order valence-electron chi connectivity index (χ4n) is 2.27. The van der Waals surface area contributed by atoms with Crippen LogP contribution in [-0.2, 0) is 23.7 Å². The number of hydrogen-bond acceptors (Lipinski definition) is 5. The van der Waals surface area contributed by atoms with E-state index in [-0.39, 0.29) is 24.4 Å². The molecule has 0 saturated carbocycles. The first-order chi connectivity index (χ1) is 9.04. The number of ether oxygens (including phenoxy) is 5. The second-order valence-corrected chi connectivity index (χ2v) is 5.11. The topological polar surface area (TPSA) is 46.2 Å². The third-order valence-electron chi connectivity index (χ3n) is 3.45. The summed E-state index contributed by atoms with van der Waals surface area (Å²) in [5, 5.41) is 0. The third-order valence-corrected chi connectivity index (χ3v) is 3.45. The smallest absolute Gasteiger partial charge is 0.113 e. The van der Waals surface area contributed by atoms with Crippen LogP contribution in [0.15, 0.2) is 0 Å². The van der Waals surface area contributed by atoms with Crippen LogP contribution in [0.1, 0.15) is 13.8 Å². The molecule has 1 aliphatic heterocycles. The van der Waals surface area contributed by atoms with Crippen molar-refractivity contribution in [3.05, 3.63) is 0 Å². The predicted octanol–water partition coefficient (Wildman–Crippen LogP) is 0.597. The van der Waals surface area contributed by atoms with Gasteiger partial charge in [0.15, 0.2) is 0 Å². The number of methoxy groups -OCH3 is 3. The normalized spacial score (nSPS) is 32.9. The van der Waals surface area contributed by atoms with Crippen LogP contribution in [0.2, 0.25) is 0 Å². The van der Waals surface area contributed by atoms with E-state index >= 15 is 0 Å². The SMILES string of the molecule is [B][C@@H]1O[C@H](COC)C(OC)[C@@H]1OC[C@@H](OC)C(C)C. The van der Waals surface area contributed by atoms with Gasteiger partial charge in [-0.2, -0.15) is 0 Å². The minimum Gasteiger partial charge on any atom is -0.382 e. The molecule has 0 aromatic carbocycles. The first-order valence-electron chi connectivity index (χ1n) is 6.62. The highest BCUT2D eigenvalue weighted by molar-refractivity contribution is 6.11. The average Bonchev–Trinajstić information content (AvgIpc) is 2.66. The zero-order chi connectivity index (χ0) is 14.4. The van der Waals surface area contributed by atoms with E-state index in [1.807, 2.05) is 0 Å². The Balaban J connectivity index is 2.55. The van der Waals surface area contributed by atoms with Gasteiger partial charge >= 0.3 is 0 Å². The second-order valence-electron chi connectivity index (χ2n) is 5.11. The van der Waals surface area contributed by atoms with Crippen molar-refractivity contribution in [2.45, 2.75) is 44.3 Å². The van der Waals surface area contributed by atoms with Crippen LogP contribution >= 0.6 is 0 Å². The van der Waals surface area contributed by atoms with Gasteiger partial charge in [-0.25, -0.2) is 0 Å². The summed E-state index contributed by atoms with van der Waals surface area (Å²) in [4.78, 5) is 0. The zero-order valence-corrected chi connectivity index (χ0v) is 12.5. The molecular formula is C13H25BO5. The maximum Gasteiger partial charge on any atom is 0.113 e. The Hall–Kier alpha value is -0.135. The standard InChI is InChI=1S/C13H25BO5/c1-8(2)9(16-4)7-18-12-11(17-5)10(6-15-3)19-13(12)14/h8-13H,6-7H2,1-5H3/t9-,10-,11?,12+,13-/m1/s1. The highest BCUT2D eigenvalue weighted by Crippen LogP contribution is 2.25. The molecule has 6 heteroatoms. The molecule has 0 aromatic rings. The molecule has 0 amide bonds. The molecule has 1 heterocycles. The lowest BCUT2D eigenvalue weighted by Gasteiger charge is -2.26. The van der Waals surface area contributed by atoms with Gasteiger partial charge in [-0.05, 0) is 5.92 Å². The highest BCUT2D eigenvalue weighted by atomic mass is 16.6. The van der Waals surface area contributed by atoms with E-state index in [1.165, 1.54) is 0 Å². The maximum atomic E-state index is 5.95. The fraction of sp³-hybridized carbons (Fsp3) is 1.00. The molecule has 0 N–H and O–H groups in total. The van der Waals surface area contributed by atoms with Gasteiger partial charge in [0.1, 0.15) is 26.2 Å². The molecular weight excluding hydrogens is 247 g/mol. The van der Waals surface area contributed by atoms with Gasteiger partial charge in [-0.15, -0.1) is 0 Å². The Morgan fingerprint density at radius 3 is 2.32 bits per heavy atom. The maximum absolute atomic E-state index is 5.95. The van der Waals surface area contributed by atoms with Crippen LogP contribution in [-0.4, -0.2) is 72.8 Å². The molecule has 1 saturated heterocycles. The Morgan fingerprint density at radius 1 is 1.16 bits per heavy atom. The van der Waals surface area contributed by atoms with Crippen LogP contribution < -0.4 is 0 Å². The molecule has 0 aliphatic carbocycles. The van der Waals surface area contributed by atoms with Crippen LogP contribution in [0.3, 0.4) is 0 Å². The van der Waals surface area contributed by atoms with Crippen molar-refractivity contribution in [1.29, 1.82) is 0 Å². The van der Waals surface area contributed by atoms with Gasteiger partial charge in [-0.1, -0.05) is 13.8 Å². The molecule has 0 aromatic heterocycles. The van der Waals surface area contributed by atoms with Crippen molar-refractivity contribution >= 4 is 7.85 Å². The summed E-state index contributed by atoms with van der Waals surface area (Å²) in [5.74, 6) is 0.374. The van der Waals surface area contributed by atoms with E-state index in [0.717, 1.165) is 0 Å². The lowest BCUT2D eigenvalue weighted by atomic mass is 9.92. The fourth-order valence-corrected chi connectivity index (χ4v) is 2.27. The number of hydrogen-bond donors (Lipinski definition) is 0. The molecule has 110 valence electrons. The van der Waals surface area contributed by atoms with Gasteiger partial charge in [0.05, 0.1) is 19.3 Å². The molecule has 0 bridgehead atoms. The van der Waals surface area contributed by atoms with E-state index in [2.05, 4.69) is 13.8 Å². The Morgan fingerprint density at radius 2 is 1.84 bits per heavy atom. The van der Waals surface area contributed by atoms with Crippen LogP contribution in [0, 0.1) is 5.92 Å². The lowest BCUT2D eigenvalue weighted by molar-refractivity contribution is -0.0870. The Labute approximate surface area is 117 Å². The second kappa shape index (κ2) is 8.22. The van der Waals surface area contributed by atoms with E-state index in [4.69, 9.17) is 31.5 Å². The molecule has 5 nitrogen and oxygen atoms in total. The summed E-state index contributed by atoms with van der Waals surface area (Å²) >= 11 is 0. The summed E-state index contributed by atoms with van der Waals surface area (Å²) in [6.07, 6.45) is -0.692. The first kappa shape index (κ1) is 16.9. The van der Waals surface area contributed by atoms with E-state index < -0.39 is 6.00 Å². The van der Waals surface area contributed by atoms with Gasteiger partial charge in [0.25, 0.3) is 0 Å². The van der Waals surface area contributed by atoms with E-state index in [0.29, 0.717) is 19.1 Å². The van der Waals surface area contributed by atoms with Crippen molar-refractivity contribution in [2.75, 3.05) is 34.5 Å². The van der Waals surface area contributed by atoms with E-state index in [9.17, 15) is 0 Å². The van der Waals surface area contributed by atoms with Gasteiger partial charge in [0, 0.05) is 27.3 Å². The first-order valence-corrected chi connectivity index (χ1v) is 6.62. The molecule has 1 rings (SSSR count). The Kier molecular flexibility index (Phi) is 7.32. The summed E-state index contributed by atoms with van der Waals surface area (Å²) in [6, 6.07) is -0.505. The van der Waals surface area contributed by atoms with Crippen LogP contribution in [0.4, 0.5) is 0 Å². The molecule has 1 aliphatic rings. The van der Waals surface area contributed by atoms with Crippen molar-refractivity contribution in [3.8, 4) is 0 Å². The minimum atomic E-state index is -0.505. The summed E-state index contributed by atoms with van der Waals surface area (Å²) in [6.45, 7) is 5.08. The molecule has 2 radical (unpaired) electrons. The molecule has 5 atom stereocenters. The van der Waals surface area contributed by atoms with Crippen LogP contribution in [0.25, 0.3) is 0 Å². The third kappa shape index (κ3) is 4.43. The molecule has 1 unspecified atom stereocenters. The highest BCUT2D eigenvalue weighted by Gasteiger charge is 2.43. The zero-order valence-electron chi connectivity index (χ0n) is 12.5. The van der Waals surface area contributed by atoms with E-state index in [1.54, 1.807) is 21.3 Å². The van der Waals surface area contributed by atoms with Crippen molar-refractivity contribution in [3.63, 3.8) is 0 Å². The molecule has 19 heavy (non-hydrogen) atoms. The van der Waals surface area contributed by atoms with Crippen LogP contribution in [0.5, 0.6) is 0 Å². The summed E-state index contributed by atoms with van der Waals surface area (Å²) in [7, 11) is 10.9.